The molecule has 4 saturated carbocycles. The highest BCUT2D eigenvalue weighted by Crippen LogP contribution is 2.76. The van der Waals surface area contributed by atoms with E-state index < -0.39 is 41.1 Å². The van der Waals surface area contributed by atoms with Crippen LogP contribution in [-0.2, 0) is 42.9 Å². The van der Waals surface area contributed by atoms with Crippen LogP contribution in [0.25, 0.3) is 0 Å². The van der Waals surface area contributed by atoms with Gasteiger partial charge in [-0.25, -0.2) is 0 Å². The Kier molecular flexibility index (Phi) is 14.9. The number of allylic oxidation sites excluding steroid dienone is 2. The van der Waals surface area contributed by atoms with Gasteiger partial charge in [0.05, 0.1) is 68.7 Å². The number of aliphatic hydroxyl groups is 1. The van der Waals surface area contributed by atoms with Crippen molar-refractivity contribution in [1.82, 2.24) is 10.2 Å². The van der Waals surface area contributed by atoms with Gasteiger partial charge in [-0.1, -0.05) is 66.2 Å². The normalized spacial score (nSPS) is 35.7. The van der Waals surface area contributed by atoms with Gasteiger partial charge in [-0.3, -0.25) is 39.0 Å². The van der Waals surface area contributed by atoms with Gasteiger partial charge in [0.1, 0.15) is 19.3 Å². The number of anilines is 1. The summed E-state index contributed by atoms with van der Waals surface area (Å²) < 4.78 is 28.3. The van der Waals surface area contributed by atoms with Crippen molar-refractivity contribution in [2.45, 2.75) is 138 Å². The third-order valence-corrected chi connectivity index (χ3v) is 19.2. The van der Waals surface area contributed by atoms with Crippen molar-refractivity contribution in [2.75, 3.05) is 64.7 Å². The Bertz CT molecular complexity index is 2190. The molecule has 1 aromatic carbocycles. The molecule has 8 rings (SSSR count). The third kappa shape index (κ3) is 9.09. The summed E-state index contributed by atoms with van der Waals surface area (Å²) in [5.74, 6) is -0.806. The molecule has 2 aliphatic heterocycles. The zero-order chi connectivity index (χ0) is 49.5. The maximum absolute atomic E-state index is 14.4. The van der Waals surface area contributed by atoms with Gasteiger partial charge in [0.15, 0.2) is 0 Å². The van der Waals surface area contributed by atoms with Gasteiger partial charge >= 0.3 is 11.9 Å². The quantitative estimate of drug-likeness (QED) is 0.0587. The molecule has 380 valence electrons. The molecular weight excluding hydrogens is 883 g/mol. The first-order valence-electron chi connectivity index (χ1n) is 25.8. The minimum absolute atomic E-state index is 0.00459. The molecule has 0 radical (unpaired) electrons. The molecule has 11 unspecified atom stereocenters. The summed E-state index contributed by atoms with van der Waals surface area (Å²) in [6.07, 6.45) is 11.3. The molecule has 3 N–H and O–H groups in total. The number of rotatable bonds is 18. The van der Waals surface area contributed by atoms with Gasteiger partial charge in [0.2, 0.25) is 11.8 Å². The first-order chi connectivity index (χ1) is 32.8. The summed E-state index contributed by atoms with van der Waals surface area (Å²) in [6, 6.07) is 3.86. The molecule has 15 nitrogen and oxygen atoms in total. The number of carbonyl (C=O) groups excluding carboxylic acids is 6. The van der Waals surface area contributed by atoms with Crippen molar-refractivity contribution in [1.29, 1.82) is 0 Å². The molecule has 11 atom stereocenters. The van der Waals surface area contributed by atoms with Crippen molar-refractivity contribution < 1.29 is 57.6 Å². The number of piperidine rings is 1. The largest absolute Gasteiger partial charge is 0.462 e. The van der Waals surface area contributed by atoms with Crippen molar-refractivity contribution in [3.63, 3.8) is 0 Å². The number of carbonyl (C=O) groups is 6. The highest BCUT2D eigenvalue weighted by atomic mass is 16.6. The highest BCUT2D eigenvalue weighted by Gasteiger charge is 2.69. The molecule has 15 heteroatoms. The highest BCUT2D eigenvalue weighted by molar-refractivity contribution is 6.25. The summed E-state index contributed by atoms with van der Waals surface area (Å²) in [6.45, 7) is 19.0. The number of benzene rings is 1. The molecule has 4 amide bonds. The lowest BCUT2D eigenvalue weighted by Gasteiger charge is -2.71. The maximum Gasteiger partial charge on any atom is 0.312 e. The van der Waals surface area contributed by atoms with Crippen LogP contribution in [0.15, 0.2) is 29.8 Å². The monoisotopic (exact) mass is 960 g/mol. The average Bonchev–Trinajstić information content (AvgIpc) is 3.56. The van der Waals surface area contributed by atoms with Crippen molar-refractivity contribution in [2.24, 2.45) is 56.7 Å². The Hall–Kier alpha value is -4.18. The summed E-state index contributed by atoms with van der Waals surface area (Å²) in [5, 5.41) is 16.5. The van der Waals surface area contributed by atoms with E-state index in [0.717, 1.165) is 62.7 Å². The standard InChI is InChI=1S/C54H77N3O12/c1-33-15-21-54(23-22-52(6)36(45(54)34(33)2)11-13-40-51(5)19-17-41(58)50(3,4)39(51)16-20-53(40,52)7)49(64)69-32-31-68-43(60)18-25-65-27-29-67-30-28-66-26-24-55-37-10-8-9-35-44(37)48(63)57(47(35)62)38-12-14-42(59)56-46(38)61/h8-11,33-34,38-41,45,55,58H,12-32H2,1-7H3,(H,56,59,61). The fourth-order valence-electron chi connectivity index (χ4n) is 15.0. The Morgan fingerprint density at radius 2 is 1.49 bits per heavy atom. The van der Waals surface area contributed by atoms with Gasteiger partial charge in [-0.15, -0.1) is 0 Å². The van der Waals surface area contributed by atoms with E-state index in [4.69, 9.17) is 23.7 Å². The van der Waals surface area contributed by atoms with Crippen molar-refractivity contribution in [3.05, 3.63) is 41.0 Å². The van der Waals surface area contributed by atoms with E-state index in [1.807, 2.05) is 0 Å². The van der Waals surface area contributed by atoms with E-state index in [1.165, 1.54) is 5.57 Å². The number of imide groups is 2. The van der Waals surface area contributed by atoms with Crippen LogP contribution in [0.4, 0.5) is 5.69 Å². The van der Waals surface area contributed by atoms with Crippen LogP contribution in [-0.4, -0.2) is 117 Å². The summed E-state index contributed by atoms with van der Waals surface area (Å²) in [4.78, 5) is 78.2. The second-order valence-corrected chi connectivity index (χ2v) is 22.7. The topological polar surface area (TPSA) is 196 Å². The van der Waals surface area contributed by atoms with Gasteiger partial charge < -0.3 is 34.1 Å². The lowest BCUT2D eigenvalue weighted by molar-refractivity contribution is -0.207. The van der Waals surface area contributed by atoms with Gasteiger partial charge in [0, 0.05) is 18.7 Å². The van der Waals surface area contributed by atoms with Gasteiger partial charge in [0.25, 0.3) is 11.8 Å². The second-order valence-electron chi connectivity index (χ2n) is 22.7. The number of ether oxygens (including phenoxy) is 5. The van der Waals surface area contributed by atoms with E-state index in [1.54, 1.807) is 18.2 Å². The van der Waals surface area contributed by atoms with Crippen LogP contribution in [0.2, 0.25) is 0 Å². The first-order valence-corrected chi connectivity index (χ1v) is 25.8. The van der Waals surface area contributed by atoms with Crippen LogP contribution < -0.4 is 10.6 Å². The molecular formula is C54H77N3O12. The SMILES string of the molecule is CC1CCC2(C(=O)OCCOC(=O)CCOCCOCCOCCNc3cccc4c3C(=O)N(C3CCC(=O)NC3=O)C4=O)CCC3(C)C(=CCC4C5(C)CCC(O)C(C)(C)C5CCC43C)C2C1C. The fraction of sp³-hybridized carbons (Fsp3) is 0.741. The van der Waals surface area contributed by atoms with Gasteiger partial charge in [-0.05, 0) is 128 Å². The Balaban J connectivity index is 0.715. The minimum atomic E-state index is -1.03. The smallest absolute Gasteiger partial charge is 0.312 e. The van der Waals surface area contributed by atoms with Crippen LogP contribution >= 0.6 is 0 Å². The first kappa shape index (κ1) is 51.2. The molecule has 7 aliphatic rings. The summed E-state index contributed by atoms with van der Waals surface area (Å²) in [5.41, 5.74) is 1.91. The minimum Gasteiger partial charge on any atom is -0.462 e. The van der Waals surface area contributed by atoms with Crippen LogP contribution in [0.3, 0.4) is 0 Å². The van der Waals surface area contributed by atoms with E-state index in [-0.39, 0.29) is 96.5 Å². The molecule has 1 saturated heterocycles. The number of amides is 4. The van der Waals surface area contributed by atoms with Crippen molar-refractivity contribution in [3.8, 4) is 0 Å². The number of fused-ring (bicyclic) bond motifs is 8. The fourth-order valence-corrected chi connectivity index (χ4v) is 15.0. The molecule has 1 aromatic rings. The number of hydrogen-bond acceptors (Lipinski definition) is 13. The van der Waals surface area contributed by atoms with Crippen LogP contribution in [0.5, 0.6) is 0 Å². The maximum atomic E-state index is 14.4. The lowest BCUT2D eigenvalue weighted by atomic mass is 9.33. The average molecular weight is 960 g/mol. The summed E-state index contributed by atoms with van der Waals surface area (Å²) >= 11 is 0. The predicted molar refractivity (Wildman–Crippen MR) is 256 cm³/mol. The zero-order valence-electron chi connectivity index (χ0n) is 42.1. The Morgan fingerprint density at radius 1 is 0.783 bits per heavy atom. The van der Waals surface area contributed by atoms with E-state index >= 15 is 0 Å². The number of nitrogens with one attached hydrogen (secondary N) is 2. The van der Waals surface area contributed by atoms with Crippen LogP contribution in [0, 0.1) is 56.7 Å². The number of esters is 2. The summed E-state index contributed by atoms with van der Waals surface area (Å²) in [7, 11) is 0. The molecule has 5 aliphatic carbocycles. The molecule has 5 fully saturated rings. The number of aliphatic hydroxyl groups excluding tert-OH is 1. The Morgan fingerprint density at radius 3 is 2.23 bits per heavy atom. The van der Waals surface area contributed by atoms with E-state index in [9.17, 15) is 33.9 Å². The number of nitrogens with zero attached hydrogens (tertiary/aromatic N) is 1. The van der Waals surface area contributed by atoms with E-state index in [2.05, 4.69) is 65.2 Å². The predicted octanol–water partition coefficient (Wildman–Crippen LogP) is 7.04. The second kappa shape index (κ2) is 20.1. The molecule has 0 bridgehead atoms. The third-order valence-electron chi connectivity index (χ3n) is 19.2. The Labute approximate surface area is 407 Å². The number of hydrogen-bond donors (Lipinski definition) is 3. The van der Waals surface area contributed by atoms with Crippen LogP contribution in [0.1, 0.15) is 146 Å². The molecule has 0 aromatic heterocycles. The van der Waals surface area contributed by atoms with Gasteiger partial charge in [-0.2, -0.15) is 0 Å². The van der Waals surface area contributed by atoms with Crippen molar-refractivity contribution >= 4 is 41.3 Å². The molecule has 0 spiro atoms. The lowest BCUT2D eigenvalue weighted by Crippen LogP contribution is -2.65. The molecule has 2 heterocycles. The van der Waals surface area contributed by atoms with E-state index in [0.29, 0.717) is 62.3 Å². The zero-order valence-corrected chi connectivity index (χ0v) is 42.1. The molecule has 69 heavy (non-hydrogen) atoms.